The van der Waals surface area contributed by atoms with Gasteiger partial charge in [-0.05, 0) is 36.8 Å². The number of nitrogens with one attached hydrogen (secondary N) is 1. The van der Waals surface area contributed by atoms with E-state index in [1.807, 2.05) is 13.0 Å². The highest BCUT2D eigenvalue weighted by atomic mass is 16.3. The van der Waals surface area contributed by atoms with Crippen LogP contribution in [0.25, 0.3) is 0 Å². The molecule has 138 valence electrons. The number of benzene rings is 1. The van der Waals surface area contributed by atoms with Crippen LogP contribution < -0.4 is 10.2 Å². The summed E-state index contributed by atoms with van der Waals surface area (Å²) in [5.74, 6) is 3.47. The van der Waals surface area contributed by atoms with Gasteiger partial charge in [-0.25, -0.2) is 9.97 Å². The second-order valence-electron chi connectivity index (χ2n) is 7.91. The van der Waals surface area contributed by atoms with Crippen molar-refractivity contribution in [2.45, 2.75) is 51.6 Å². The summed E-state index contributed by atoms with van der Waals surface area (Å²) >= 11 is 0. The number of hydrogen-bond acceptors (Lipinski definition) is 5. The number of aryl methyl sites for hydroxylation is 1. The van der Waals surface area contributed by atoms with Crippen molar-refractivity contribution in [3.05, 3.63) is 47.3 Å². The molecule has 2 N–H and O–H groups in total. The van der Waals surface area contributed by atoms with E-state index < -0.39 is 0 Å². The largest absolute Gasteiger partial charge is 0.394 e. The lowest BCUT2D eigenvalue weighted by Gasteiger charge is -2.47. The van der Waals surface area contributed by atoms with Gasteiger partial charge >= 0.3 is 0 Å². The molecule has 5 nitrogen and oxygen atoms in total. The summed E-state index contributed by atoms with van der Waals surface area (Å²) in [6.07, 6.45) is 2.44. The van der Waals surface area contributed by atoms with Gasteiger partial charge in [0, 0.05) is 18.5 Å². The molecule has 2 bridgehead atoms. The average molecular weight is 352 g/mol. The van der Waals surface area contributed by atoms with Crippen LogP contribution in [-0.4, -0.2) is 34.3 Å². The summed E-state index contributed by atoms with van der Waals surface area (Å²) in [5, 5.41) is 13.0. The Kier molecular flexibility index (Phi) is 4.57. The van der Waals surface area contributed by atoms with Crippen molar-refractivity contribution in [2.24, 2.45) is 5.92 Å². The molecule has 3 aliphatic rings. The topological polar surface area (TPSA) is 61.3 Å². The second kappa shape index (κ2) is 6.88. The Labute approximate surface area is 155 Å². The Morgan fingerprint density at radius 2 is 1.96 bits per heavy atom. The van der Waals surface area contributed by atoms with Crippen LogP contribution in [0.2, 0.25) is 0 Å². The summed E-state index contributed by atoms with van der Waals surface area (Å²) in [6.45, 7) is 7.25. The Balaban J connectivity index is 1.65. The molecule has 1 saturated heterocycles. The smallest absolute Gasteiger partial charge is 0.134 e. The fourth-order valence-electron chi connectivity index (χ4n) is 4.37. The van der Waals surface area contributed by atoms with Crippen LogP contribution in [0.3, 0.4) is 0 Å². The summed E-state index contributed by atoms with van der Waals surface area (Å²) in [6, 6.07) is 11.3. The fourth-order valence-corrected chi connectivity index (χ4v) is 4.37. The van der Waals surface area contributed by atoms with E-state index >= 15 is 0 Å². The maximum absolute atomic E-state index is 9.62. The number of rotatable bonds is 5. The van der Waals surface area contributed by atoms with E-state index in [9.17, 15) is 5.11 Å². The van der Waals surface area contributed by atoms with Crippen LogP contribution in [-0.2, 0) is 0 Å². The molecule has 2 aromatic rings. The van der Waals surface area contributed by atoms with Gasteiger partial charge in [-0.15, -0.1) is 0 Å². The zero-order chi connectivity index (χ0) is 18.3. The van der Waals surface area contributed by atoms with Crippen molar-refractivity contribution < 1.29 is 5.11 Å². The molecule has 3 heterocycles. The lowest BCUT2D eigenvalue weighted by atomic mass is 9.75. The zero-order valence-corrected chi connectivity index (χ0v) is 15.8. The fraction of sp³-hybridized carbons (Fsp3) is 0.524. The van der Waals surface area contributed by atoms with Crippen molar-refractivity contribution in [1.82, 2.24) is 9.97 Å². The number of fused-ring (bicyclic) bond motifs is 2. The minimum Gasteiger partial charge on any atom is -0.394 e. The number of piperidine rings is 1. The third-order valence-electron chi connectivity index (χ3n) is 5.83. The van der Waals surface area contributed by atoms with Crippen LogP contribution in [0.4, 0.5) is 11.6 Å². The Morgan fingerprint density at radius 3 is 2.69 bits per heavy atom. The van der Waals surface area contributed by atoms with Crippen molar-refractivity contribution in [3.63, 3.8) is 0 Å². The van der Waals surface area contributed by atoms with Gasteiger partial charge in [0.25, 0.3) is 0 Å². The summed E-state index contributed by atoms with van der Waals surface area (Å²) < 4.78 is 0. The first-order valence-electron chi connectivity index (χ1n) is 9.65. The van der Waals surface area contributed by atoms with Gasteiger partial charge in [-0.3, -0.25) is 0 Å². The summed E-state index contributed by atoms with van der Waals surface area (Å²) in [7, 11) is 0. The third kappa shape index (κ3) is 3.05. The molecule has 26 heavy (non-hydrogen) atoms. The van der Waals surface area contributed by atoms with Crippen LogP contribution in [0.5, 0.6) is 0 Å². The van der Waals surface area contributed by atoms with Gasteiger partial charge in [-0.1, -0.05) is 38.1 Å². The number of anilines is 2. The van der Waals surface area contributed by atoms with Crippen LogP contribution in [0.15, 0.2) is 30.3 Å². The number of hydrogen-bond donors (Lipinski definition) is 2. The van der Waals surface area contributed by atoms with E-state index in [1.54, 1.807) is 0 Å². The quantitative estimate of drug-likeness (QED) is 0.860. The third-order valence-corrected chi connectivity index (χ3v) is 5.83. The van der Waals surface area contributed by atoms with Crippen LogP contribution in [0, 0.1) is 12.8 Å². The van der Waals surface area contributed by atoms with Crippen molar-refractivity contribution in [1.29, 1.82) is 0 Å². The van der Waals surface area contributed by atoms with Gasteiger partial charge in [0.2, 0.25) is 0 Å². The summed E-state index contributed by atoms with van der Waals surface area (Å²) in [4.78, 5) is 11.7. The van der Waals surface area contributed by atoms with Crippen molar-refractivity contribution in [2.75, 3.05) is 23.4 Å². The maximum Gasteiger partial charge on any atom is 0.134 e. The van der Waals surface area contributed by atoms with E-state index in [2.05, 4.69) is 53.3 Å². The van der Waals surface area contributed by atoms with E-state index in [-0.39, 0.29) is 12.6 Å². The molecule has 0 saturated carbocycles. The highest BCUT2D eigenvalue weighted by molar-refractivity contribution is 5.55. The first kappa shape index (κ1) is 17.3. The van der Waals surface area contributed by atoms with Gasteiger partial charge in [0.15, 0.2) is 0 Å². The Morgan fingerprint density at radius 1 is 1.19 bits per heavy atom. The molecule has 5 heteroatoms. The predicted octanol–water partition coefficient (Wildman–Crippen LogP) is 3.65. The Hall–Kier alpha value is -2.14. The lowest BCUT2D eigenvalue weighted by Crippen LogP contribution is -2.43. The molecule has 3 atom stereocenters. The van der Waals surface area contributed by atoms with Gasteiger partial charge < -0.3 is 15.3 Å². The van der Waals surface area contributed by atoms with Crippen LogP contribution in [0.1, 0.15) is 55.6 Å². The number of aliphatic hydroxyl groups is 1. The first-order chi connectivity index (χ1) is 12.6. The Bertz CT molecular complexity index is 791. The molecular weight excluding hydrogens is 324 g/mol. The highest BCUT2D eigenvalue weighted by Crippen LogP contribution is 2.48. The average Bonchev–Trinajstić information content (AvgIpc) is 2.66. The molecule has 5 rings (SSSR count). The number of aliphatic hydroxyl groups excluding tert-OH is 1. The minimum atomic E-state index is -0.00400. The van der Waals surface area contributed by atoms with Gasteiger partial charge in [0.1, 0.15) is 17.5 Å². The molecule has 0 radical (unpaired) electrons. The molecule has 1 fully saturated rings. The predicted molar refractivity (Wildman–Crippen MR) is 105 cm³/mol. The minimum absolute atomic E-state index is 0.00400. The molecule has 0 unspecified atom stereocenters. The lowest BCUT2D eigenvalue weighted by molar-refractivity contribution is 0.249. The molecule has 2 aliphatic heterocycles. The molecule has 1 aromatic carbocycles. The number of aromatic nitrogens is 2. The highest BCUT2D eigenvalue weighted by Gasteiger charge is 2.38. The zero-order valence-electron chi connectivity index (χ0n) is 15.8. The monoisotopic (exact) mass is 352 g/mol. The van der Waals surface area contributed by atoms with E-state index in [4.69, 9.17) is 4.98 Å². The second-order valence-corrected chi connectivity index (χ2v) is 7.91. The van der Waals surface area contributed by atoms with E-state index in [1.165, 1.54) is 24.0 Å². The number of nitrogens with zero attached hydrogens (tertiary/aromatic N) is 3. The van der Waals surface area contributed by atoms with Gasteiger partial charge in [0.05, 0.1) is 18.7 Å². The molecule has 1 aromatic heterocycles. The standard InChI is InChI=1S/C21H28N4O/c1-13(2)18(12-26)24-20-10-21(23-14(3)22-20)25-11-15-8-9-19(25)17-7-5-4-6-16(15)17/h4-7,10,13,15,18-19,26H,8-9,11-12H2,1-3H3,(H,22,23,24)/t15-,18-,19+/m1/s1. The maximum atomic E-state index is 9.62. The molecule has 0 spiro atoms. The normalized spacial score (nSPS) is 22.4. The van der Waals surface area contributed by atoms with Crippen LogP contribution >= 0.6 is 0 Å². The molecular formula is C21H28N4O. The van der Waals surface area contributed by atoms with E-state index in [0.717, 1.165) is 24.0 Å². The molecule has 0 amide bonds. The summed E-state index contributed by atoms with van der Waals surface area (Å²) in [5.41, 5.74) is 2.97. The SMILES string of the molecule is Cc1nc(N[C@H](CO)C(C)C)cc(N2C[C@H]3CC[C@H]2c2ccccc23)n1. The first-order valence-corrected chi connectivity index (χ1v) is 9.65. The van der Waals surface area contributed by atoms with Gasteiger partial charge in [-0.2, -0.15) is 0 Å². The van der Waals surface area contributed by atoms with Crippen molar-refractivity contribution >= 4 is 11.6 Å². The van der Waals surface area contributed by atoms with Crippen molar-refractivity contribution in [3.8, 4) is 0 Å². The van der Waals surface area contributed by atoms with E-state index in [0.29, 0.717) is 17.9 Å². The molecule has 1 aliphatic carbocycles.